The predicted molar refractivity (Wildman–Crippen MR) is 114 cm³/mol. The van der Waals surface area contributed by atoms with Crippen LogP contribution in [0, 0.1) is 16.7 Å². The van der Waals surface area contributed by atoms with E-state index in [1.54, 1.807) is 0 Å². The highest BCUT2D eigenvalue weighted by Gasteiger charge is 2.60. The molecule has 4 rings (SSSR count). The van der Waals surface area contributed by atoms with Crippen molar-refractivity contribution in [3.63, 3.8) is 0 Å². The molecule has 2 aromatic rings. The molecule has 2 N–H and O–H groups in total. The Balaban J connectivity index is 1.60. The normalized spacial score (nSPS) is 24.7. The van der Waals surface area contributed by atoms with Gasteiger partial charge in [0.2, 0.25) is 5.60 Å². The van der Waals surface area contributed by atoms with Crippen LogP contribution in [0.15, 0.2) is 35.0 Å². The molecule has 2 atom stereocenters. The Bertz CT molecular complexity index is 767. The third kappa shape index (κ3) is 3.24. The van der Waals surface area contributed by atoms with Gasteiger partial charge in [-0.05, 0) is 66.1 Å². The Kier molecular flexibility index (Phi) is 5.19. The second-order valence-corrected chi connectivity index (χ2v) is 11.2. The third-order valence-corrected chi connectivity index (χ3v) is 8.44. The Morgan fingerprint density at radius 1 is 1.14 bits per heavy atom. The first-order valence-electron chi connectivity index (χ1n) is 9.99. The molecule has 1 aliphatic carbocycles. The minimum Gasteiger partial charge on any atom is -0.459 e. The molecule has 0 radical (unpaired) electrons. The Morgan fingerprint density at radius 2 is 1.71 bits per heavy atom. The molecule has 152 valence electrons. The lowest BCUT2D eigenvalue weighted by Crippen LogP contribution is -2.62. The van der Waals surface area contributed by atoms with Gasteiger partial charge in [-0.2, -0.15) is 0 Å². The lowest BCUT2D eigenvalue weighted by atomic mass is 9.47. The molecule has 1 saturated heterocycles. The summed E-state index contributed by atoms with van der Waals surface area (Å²) >= 11 is 2.77. The number of carbonyl (C=O) groups is 1. The van der Waals surface area contributed by atoms with E-state index >= 15 is 0 Å². The van der Waals surface area contributed by atoms with Crippen LogP contribution in [0.1, 0.15) is 49.8 Å². The molecule has 1 spiro atoms. The predicted octanol–water partition coefficient (Wildman–Crippen LogP) is 4.39. The second-order valence-electron chi connectivity index (χ2n) is 9.27. The lowest BCUT2D eigenvalue weighted by molar-refractivity contribution is -0.212. The van der Waals surface area contributed by atoms with E-state index in [0.29, 0.717) is 15.7 Å². The van der Waals surface area contributed by atoms with Gasteiger partial charge in [0.1, 0.15) is 6.10 Å². The van der Waals surface area contributed by atoms with E-state index in [4.69, 9.17) is 4.74 Å². The molecule has 6 heteroatoms. The van der Waals surface area contributed by atoms with Gasteiger partial charge in [0.15, 0.2) is 0 Å². The summed E-state index contributed by atoms with van der Waals surface area (Å²) in [6.45, 7) is 8.79. The second kappa shape index (κ2) is 7.24. The molecule has 2 aromatic heterocycles. The first-order valence-corrected chi connectivity index (χ1v) is 11.8. The zero-order chi connectivity index (χ0) is 20.0. The molecule has 1 saturated carbocycles. The average molecular weight is 420 g/mol. The molecule has 2 unspecified atom stereocenters. The van der Waals surface area contributed by atoms with Gasteiger partial charge in [0, 0.05) is 5.92 Å². The Hall–Kier alpha value is -1.21. The van der Waals surface area contributed by atoms with Gasteiger partial charge in [0.25, 0.3) is 0 Å². The molecule has 2 aliphatic rings. The van der Waals surface area contributed by atoms with Crippen molar-refractivity contribution >= 4 is 28.6 Å². The summed E-state index contributed by atoms with van der Waals surface area (Å²) in [7, 11) is 0. The fraction of sp³-hybridized carbons (Fsp3) is 0.591. The van der Waals surface area contributed by atoms with Gasteiger partial charge < -0.3 is 15.2 Å². The summed E-state index contributed by atoms with van der Waals surface area (Å²) in [5.74, 6) is -0.234. The maximum Gasteiger partial charge on any atom is 0.349 e. The van der Waals surface area contributed by atoms with Crippen LogP contribution in [-0.2, 0) is 15.1 Å². The van der Waals surface area contributed by atoms with Crippen molar-refractivity contribution in [1.29, 1.82) is 0 Å². The number of rotatable bonds is 4. The van der Waals surface area contributed by atoms with Crippen LogP contribution in [0.5, 0.6) is 0 Å². The largest absolute Gasteiger partial charge is 0.459 e. The first kappa shape index (κ1) is 20.1. The number of thiophene rings is 2. The van der Waals surface area contributed by atoms with Crippen LogP contribution in [0.3, 0.4) is 0 Å². The number of hydrogen-bond donors (Lipinski definition) is 2. The Labute approximate surface area is 174 Å². The maximum absolute atomic E-state index is 13.3. The standard InChI is InChI=1S/C22H29NO3S2/c1-20(2,3)18-15(14-21(18)8-10-23-11-9-21)26-19(24)22(25,16-6-4-12-27-16)17-7-5-13-28-17/h4-7,12-13,15,18,23,25H,8-11,14H2,1-3H3. The summed E-state index contributed by atoms with van der Waals surface area (Å²) in [4.78, 5) is 14.6. The molecular weight excluding hydrogens is 390 g/mol. The average Bonchev–Trinajstić information content (AvgIpc) is 3.33. The first-order chi connectivity index (χ1) is 13.3. The van der Waals surface area contributed by atoms with E-state index in [2.05, 4.69) is 26.1 Å². The minimum atomic E-state index is -1.72. The van der Waals surface area contributed by atoms with Crippen molar-refractivity contribution < 1.29 is 14.6 Å². The zero-order valence-electron chi connectivity index (χ0n) is 16.7. The van der Waals surface area contributed by atoms with Crippen LogP contribution in [0.4, 0.5) is 0 Å². The van der Waals surface area contributed by atoms with E-state index in [1.165, 1.54) is 22.7 Å². The van der Waals surface area contributed by atoms with Crippen LogP contribution < -0.4 is 5.32 Å². The van der Waals surface area contributed by atoms with E-state index in [1.807, 2.05) is 35.0 Å². The number of esters is 1. The molecule has 1 aliphatic heterocycles. The van der Waals surface area contributed by atoms with Gasteiger partial charge in [-0.3, -0.25) is 0 Å². The summed E-state index contributed by atoms with van der Waals surface area (Å²) in [6, 6.07) is 7.33. The molecule has 2 fully saturated rings. The highest BCUT2D eigenvalue weighted by Crippen LogP contribution is 2.60. The maximum atomic E-state index is 13.3. The molecule has 0 amide bonds. The molecule has 0 aromatic carbocycles. The van der Waals surface area contributed by atoms with Crippen LogP contribution in [-0.4, -0.2) is 30.3 Å². The number of carbonyl (C=O) groups excluding carboxylic acids is 1. The topological polar surface area (TPSA) is 58.6 Å². The molecule has 28 heavy (non-hydrogen) atoms. The molecule has 3 heterocycles. The monoisotopic (exact) mass is 419 g/mol. The van der Waals surface area contributed by atoms with Gasteiger partial charge in [0.05, 0.1) is 9.75 Å². The van der Waals surface area contributed by atoms with Crippen molar-refractivity contribution in [2.75, 3.05) is 13.1 Å². The smallest absolute Gasteiger partial charge is 0.349 e. The quantitative estimate of drug-likeness (QED) is 0.722. The van der Waals surface area contributed by atoms with E-state index < -0.39 is 11.6 Å². The van der Waals surface area contributed by atoms with Crippen LogP contribution in [0.25, 0.3) is 0 Å². The van der Waals surface area contributed by atoms with Crippen molar-refractivity contribution in [2.45, 2.75) is 51.7 Å². The highest BCUT2D eigenvalue weighted by atomic mass is 32.1. The fourth-order valence-electron chi connectivity index (χ4n) is 5.42. The van der Waals surface area contributed by atoms with E-state index in [-0.39, 0.29) is 16.9 Å². The zero-order valence-corrected chi connectivity index (χ0v) is 18.4. The number of aliphatic hydroxyl groups is 1. The summed E-state index contributed by atoms with van der Waals surface area (Å²) < 4.78 is 6.07. The number of hydrogen-bond acceptors (Lipinski definition) is 6. The third-order valence-electron chi connectivity index (χ3n) is 6.48. The van der Waals surface area contributed by atoms with Crippen molar-refractivity contribution in [1.82, 2.24) is 5.32 Å². The van der Waals surface area contributed by atoms with Crippen molar-refractivity contribution in [3.8, 4) is 0 Å². The molecule has 0 bridgehead atoms. The molecule has 4 nitrogen and oxygen atoms in total. The summed E-state index contributed by atoms with van der Waals surface area (Å²) in [5, 5.41) is 18.7. The molecular formula is C22H29NO3S2. The number of ether oxygens (including phenoxy) is 1. The SMILES string of the molecule is CC(C)(C)C1C(OC(=O)C(O)(c2cccs2)c2cccs2)CC12CCNCC2. The van der Waals surface area contributed by atoms with Crippen LogP contribution >= 0.6 is 22.7 Å². The van der Waals surface area contributed by atoms with Gasteiger partial charge >= 0.3 is 5.97 Å². The Morgan fingerprint density at radius 3 is 2.18 bits per heavy atom. The van der Waals surface area contributed by atoms with E-state index in [9.17, 15) is 9.90 Å². The lowest BCUT2D eigenvalue weighted by Gasteiger charge is -2.61. The van der Waals surface area contributed by atoms with E-state index in [0.717, 1.165) is 32.4 Å². The van der Waals surface area contributed by atoms with Crippen molar-refractivity contribution in [3.05, 3.63) is 44.8 Å². The number of piperidine rings is 1. The van der Waals surface area contributed by atoms with Gasteiger partial charge in [-0.25, -0.2) is 4.79 Å². The number of nitrogens with one attached hydrogen (secondary N) is 1. The fourth-order valence-corrected chi connectivity index (χ4v) is 7.13. The van der Waals surface area contributed by atoms with Crippen LogP contribution in [0.2, 0.25) is 0 Å². The van der Waals surface area contributed by atoms with Gasteiger partial charge in [-0.15, -0.1) is 22.7 Å². The van der Waals surface area contributed by atoms with Gasteiger partial charge in [-0.1, -0.05) is 32.9 Å². The van der Waals surface area contributed by atoms with Crippen molar-refractivity contribution in [2.24, 2.45) is 16.7 Å². The minimum absolute atomic E-state index is 0.0461. The summed E-state index contributed by atoms with van der Waals surface area (Å²) in [6.07, 6.45) is 3.01. The highest BCUT2D eigenvalue weighted by molar-refractivity contribution is 7.12. The summed E-state index contributed by atoms with van der Waals surface area (Å²) in [5.41, 5.74) is -1.43.